The van der Waals surface area contributed by atoms with E-state index >= 15 is 0 Å². The zero-order valence-corrected chi connectivity index (χ0v) is 15.1. The molecule has 2 amide bonds. The summed E-state index contributed by atoms with van der Waals surface area (Å²) in [6.45, 7) is 1.97. The van der Waals surface area contributed by atoms with Crippen molar-refractivity contribution in [1.82, 2.24) is 14.8 Å². The van der Waals surface area contributed by atoms with E-state index in [1.165, 1.54) is 4.90 Å². The lowest BCUT2D eigenvalue weighted by Gasteiger charge is -2.22. The van der Waals surface area contributed by atoms with Crippen LogP contribution in [0.25, 0.3) is 0 Å². The number of amides is 2. The van der Waals surface area contributed by atoms with Crippen molar-refractivity contribution in [2.75, 3.05) is 10.2 Å². The molecule has 2 fully saturated rings. The van der Waals surface area contributed by atoms with E-state index in [-0.39, 0.29) is 35.6 Å². The first-order chi connectivity index (χ1) is 13.1. The maximum Gasteiger partial charge on any atom is 0.260 e. The highest BCUT2D eigenvalue weighted by Gasteiger charge is 2.50. The molecule has 2 aliphatic heterocycles. The number of allylic oxidation sites excluding steroid dienone is 2. The summed E-state index contributed by atoms with van der Waals surface area (Å²) in [4.78, 5) is 31.4. The molecule has 5 rings (SSSR count). The topological polar surface area (TPSA) is 80.1 Å². The highest BCUT2D eigenvalue weighted by molar-refractivity contribution is 6.21. The van der Waals surface area contributed by atoms with Gasteiger partial charge >= 0.3 is 0 Å². The van der Waals surface area contributed by atoms with Crippen LogP contribution in [0.3, 0.4) is 0 Å². The normalized spacial score (nSPS) is 27.1. The number of imide groups is 1. The molecule has 138 valence electrons. The van der Waals surface area contributed by atoms with Gasteiger partial charge in [-0.3, -0.25) is 9.59 Å². The SMILES string of the molecule is CC1=C[C@H](c2ccccc2)n2nc(N3C(=O)[C@H]4CCCC[C@H]4C3=O)nc2N1. The number of anilines is 2. The molecule has 3 atom stereocenters. The number of nitrogens with one attached hydrogen (secondary N) is 1. The van der Waals surface area contributed by atoms with Crippen molar-refractivity contribution in [2.24, 2.45) is 11.8 Å². The summed E-state index contributed by atoms with van der Waals surface area (Å²) in [5, 5.41) is 7.76. The molecular weight excluding hydrogens is 342 g/mol. The van der Waals surface area contributed by atoms with Crippen LogP contribution in [0.15, 0.2) is 42.1 Å². The van der Waals surface area contributed by atoms with E-state index in [9.17, 15) is 9.59 Å². The molecule has 7 heteroatoms. The van der Waals surface area contributed by atoms with Crippen molar-refractivity contribution >= 4 is 23.7 Å². The van der Waals surface area contributed by atoms with Gasteiger partial charge in [0.15, 0.2) is 0 Å². The molecule has 7 nitrogen and oxygen atoms in total. The Balaban J connectivity index is 1.54. The van der Waals surface area contributed by atoms with Crippen LogP contribution in [-0.2, 0) is 9.59 Å². The largest absolute Gasteiger partial charge is 0.329 e. The van der Waals surface area contributed by atoms with Crippen molar-refractivity contribution in [3.8, 4) is 0 Å². The monoisotopic (exact) mass is 363 g/mol. The van der Waals surface area contributed by atoms with Gasteiger partial charge in [0.1, 0.15) is 6.04 Å². The summed E-state index contributed by atoms with van der Waals surface area (Å²) < 4.78 is 1.75. The molecule has 0 radical (unpaired) electrons. The molecule has 0 unspecified atom stereocenters. The molecule has 27 heavy (non-hydrogen) atoms. The van der Waals surface area contributed by atoms with Gasteiger partial charge in [0.05, 0.1) is 11.8 Å². The number of carbonyl (C=O) groups is 2. The Morgan fingerprint density at radius 3 is 2.37 bits per heavy atom. The Labute approximate surface area is 157 Å². The Morgan fingerprint density at radius 2 is 1.70 bits per heavy atom. The maximum absolute atomic E-state index is 12.9. The quantitative estimate of drug-likeness (QED) is 0.830. The number of aromatic nitrogens is 3. The van der Waals surface area contributed by atoms with Crippen molar-refractivity contribution in [1.29, 1.82) is 0 Å². The van der Waals surface area contributed by atoms with Crippen LogP contribution in [0, 0.1) is 11.8 Å². The number of hydrogen-bond acceptors (Lipinski definition) is 5. The Hall–Kier alpha value is -2.96. The van der Waals surface area contributed by atoms with Crippen LogP contribution in [0.2, 0.25) is 0 Å². The second kappa shape index (κ2) is 6.04. The Kier molecular flexibility index (Phi) is 3.63. The average Bonchev–Trinajstić information content (AvgIpc) is 3.21. The number of hydrogen-bond donors (Lipinski definition) is 1. The zero-order chi connectivity index (χ0) is 18.5. The minimum atomic E-state index is -0.204. The van der Waals surface area contributed by atoms with E-state index < -0.39 is 0 Å². The van der Waals surface area contributed by atoms with Gasteiger partial charge < -0.3 is 5.32 Å². The predicted octanol–water partition coefficient (Wildman–Crippen LogP) is 2.88. The molecule has 3 heterocycles. The number of nitrogens with zero attached hydrogens (tertiary/aromatic N) is 4. The fourth-order valence-electron chi connectivity index (χ4n) is 4.46. The van der Waals surface area contributed by atoms with E-state index in [1.54, 1.807) is 4.68 Å². The molecule has 1 saturated heterocycles. The zero-order valence-electron chi connectivity index (χ0n) is 15.1. The van der Waals surface area contributed by atoms with E-state index in [1.807, 2.05) is 37.3 Å². The lowest BCUT2D eigenvalue weighted by molar-refractivity contribution is -0.122. The van der Waals surface area contributed by atoms with Crippen molar-refractivity contribution < 1.29 is 9.59 Å². The Morgan fingerprint density at radius 1 is 1.04 bits per heavy atom. The van der Waals surface area contributed by atoms with E-state index in [0.29, 0.717) is 5.95 Å². The summed E-state index contributed by atoms with van der Waals surface area (Å²) in [7, 11) is 0. The molecule has 0 bridgehead atoms. The van der Waals surface area contributed by atoms with Gasteiger partial charge in [-0.05, 0) is 31.4 Å². The van der Waals surface area contributed by atoms with Gasteiger partial charge in [-0.2, -0.15) is 4.98 Å². The van der Waals surface area contributed by atoms with Gasteiger partial charge in [-0.1, -0.05) is 43.2 Å². The van der Waals surface area contributed by atoms with Gasteiger partial charge in [-0.25, -0.2) is 9.58 Å². The fourth-order valence-corrected chi connectivity index (χ4v) is 4.46. The minimum absolute atomic E-state index is 0.126. The van der Waals surface area contributed by atoms with Gasteiger partial charge in [0, 0.05) is 5.70 Å². The molecule has 2 aromatic rings. The van der Waals surface area contributed by atoms with E-state index in [0.717, 1.165) is 36.9 Å². The summed E-state index contributed by atoms with van der Waals surface area (Å²) in [6, 6.07) is 9.88. The third-order valence-electron chi connectivity index (χ3n) is 5.78. The van der Waals surface area contributed by atoms with Crippen LogP contribution < -0.4 is 10.2 Å². The number of benzene rings is 1. The van der Waals surface area contributed by atoms with Gasteiger partial charge in [0.25, 0.3) is 5.95 Å². The predicted molar refractivity (Wildman–Crippen MR) is 99.9 cm³/mol. The summed E-state index contributed by atoms with van der Waals surface area (Å²) in [5.41, 5.74) is 2.03. The molecule has 1 aliphatic carbocycles. The van der Waals surface area contributed by atoms with E-state index in [4.69, 9.17) is 0 Å². The number of carbonyl (C=O) groups excluding carboxylic acids is 2. The summed E-state index contributed by atoms with van der Waals surface area (Å²) in [5.74, 6) is 0.0384. The first kappa shape index (κ1) is 16.2. The molecular formula is C20H21N5O2. The van der Waals surface area contributed by atoms with Crippen molar-refractivity contribution in [3.05, 3.63) is 47.7 Å². The van der Waals surface area contributed by atoms with Crippen LogP contribution in [0.5, 0.6) is 0 Å². The Bertz CT molecular complexity index is 925. The lowest BCUT2D eigenvalue weighted by Crippen LogP contribution is -2.32. The number of fused-ring (bicyclic) bond motifs is 2. The van der Waals surface area contributed by atoms with Crippen LogP contribution in [0.4, 0.5) is 11.9 Å². The maximum atomic E-state index is 12.9. The second-order valence-corrected chi connectivity index (χ2v) is 7.52. The third kappa shape index (κ3) is 2.49. The smallest absolute Gasteiger partial charge is 0.260 e. The molecule has 0 spiro atoms. The van der Waals surface area contributed by atoms with Gasteiger partial charge in [0.2, 0.25) is 17.8 Å². The van der Waals surface area contributed by atoms with Crippen LogP contribution >= 0.6 is 0 Å². The minimum Gasteiger partial charge on any atom is -0.329 e. The second-order valence-electron chi connectivity index (χ2n) is 7.52. The van der Waals surface area contributed by atoms with Crippen molar-refractivity contribution in [2.45, 2.75) is 38.6 Å². The summed E-state index contributed by atoms with van der Waals surface area (Å²) in [6.07, 6.45) is 5.63. The average molecular weight is 363 g/mol. The van der Waals surface area contributed by atoms with Crippen LogP contribution in [0.1, 0.15) is 44.2 Å². The van der Waals surface area contributed by atoms with Crippen LogP contribution in [-0.4, -0.2) is 26.6 Å². The molecule has 3 aliphatic rings. The molecule has 1 aromatic carbocycles. The lowest BCUT2D eigenvalue weighted by atomic mass is 9.81. The first-order valence-electron chi connectivity index (χ1n) is 9.48. The first-order valence-corrected chi connectivity index (χ1v) is 9.48. The standard InChI is InChI=1S/C20H21N5O2/c1-12-11-16(13-7-3-2-4-8-13)25-19(21-12)22-20(23-25)24-17(26)14-9-5-6-10-15(14)18(24)27/h2-4,7-8,11,14-16H,5-6,9-10H2,1H3,(H,21,22,23)/t14-,15+,16-/m1/s1. The van der Waals surface area contributed by atoms with E-state index in [2.05, 4.69) is 21.5 Å². The van der Waals surface area contributed by atoms with Gasteiger partial charge in [-0.15, -0.1) is 5.10 Å². The third-order valence-corrected chi connectivity index (χ3v) is 5.78. The fraction of sp³-hybridized carbons (Fsp3) is 0.400. The highest BCUT2D eigenvalue weighted by atomic mass is 16.2. The summed E-state index contributed by atoms with van der Waals surface area (Å²) >= 11 is 0. The molecule has 1 N–H and O–H groups in total. The van der Waals surface area contributed by atoms with Crippen molar-refractivity contribution in [3.63, 3.8) is 0 Å². The molecule has 1 saturated carbocycles. The number of rotatable bonds is 2. The molecule has 1 aromatic heterocycles. The highest BCUT2D eigenvalue weighted by Crippen LogP contribution is 2.40.